The summed E-state index contributed by atoms with van der Waals surface area (Å²) in [5.74, 6) is 0. The van der Waals surface area contributed by atoms with Gasteiger partial charge in [-0.25, -0.2) is 0 Å². The summed E-state index contributed by atoms with van der Waals surface area (Å²) in [6.45, 7) is 11.0. The Bertz CT molecular complexity index is 495. The molecule has 0 amide bonds. The minimum Gasteiger partial charge on any atom is -0.362 e. The van der Waals surface area contributed by atoms with Crippen molar-refractivity contribution in [3.05, 3.63) is 29.3 Å². The normalized spacial score (nSPS) is 16.5. The van der Waals surface area contributed by atoms with E-state index in [1.54, 1.807) is 0 Å². The van der Waals surface area contributed by atoms with Crippen LogP contribution in [0.15, 0.2) is 18.2 Å². The fourth-order valence-electron chi connectivity index (χ4n) is 2.57. The van der Waals surface area contributed by atoms with Crippen LogP contribution in [-0.2, 0) is 0 Å². The molecular weight excluding hydrogens is 292 g/mol. The Morgan fingerprint density at radius 3 is 2.55 bits per heavy atom. The minimum absolute atomic E-state index is 0.710. The first-order valence-corrected chi connectivity index (χ1v) is 8.48. The van der Waals surface area contributed by atoms with Crippen molar-refractivity contribution in [2.45, 2.75) is 20.3 Å². The fourth-order valence-corrected chi connectivity index (χ4v) is 2.79. The van der Waals surface area contributed by atoms with Crippen molar-refractivity contribution >= 4 is 23.0 Å². The van der Waals surface area contributed by atoms with Crippen LogP contribution in [0.4, 0.5) is 5.69 Å². The van der Waals surface area contributed by atoms with Crippen LogP contribution in [0.5, 0.6) is 0 Å². The third-order valence-electron chi connectivity index (χ3n) is 4.30. The van der Waals surface area contributed by atoms with E-state index in [9.17, 15) is 0 Å². The van der Waals surface area contributed by atoms with E-state index >= 15 is 0 Å². The molecule has 1 saturated heterocycles. The van der Waals surface area contributed by atoms with Crippen LogP contribution >= 0.6 is 12.2 Å². The topological polar surface area (TPSA) is 30.5 Å². The second kappa shape index (κ2) is 8.46. The van der Waals surface area contributed by atoms with Crippen LogP contribution in [0.1, 0.15) is 17.5 Å². The summed E-state index contributed by atoms with van der Waals surface area (Å²) < 4.78 is 0. The highest BCUT2D eigenvalue weighted by Crippen LogP contribution is 2.13. The molecule has 1 aliphatic heterocycles. The molecule has 1 aromatic carbocycles. The van der Waals surface area contributed by atoms with Gasteiger partial charge in [0, 0.05) is 38.4 Å². The van der Waals surface area contributed by atoms with E-state index in [1.807, 2.05) is 0 Å². The molecule has 0 aliphatic carbocycles. The number of nitrogens with one attached hydrogen (secondary N) is 2. The lowest BCUT2D eigenvalue weighted by Gasteiger charge is -2.32. The van der Waals surface area contributed by atoms with Crippen molar-refractivity contribution in [3.8, 4) is 0 Å². The minimum atomic E-state index is 0.710. The molecule has 0 bridgehead atoms. The summed E-state index contributed by atoms with van der Waals surface area (Å²) in [7, 11) is 2.19. The monoisotopic (exact) mass is 320 g/mol. The molecule has 0 radical (unpaired) electrons. The van der Waals surface area contributed by atoms with Gasteiger partial charge in [-0.2, -0.15) is 0 Å². The highest BCUT2D eigenvalue weighted by molar-refractivity contribution is 7.80. The van der Waals surface area contributed by atoms with E-state index in [-0.39, 0.29) is 0 Å². The zero-order valence-corrected chi connectivity index (χ0v) is 14.8. The number of hydrogen-bond donors (Lipinski definition) is 2. The van der Waals surface area contributed by atoms with Crippen molar-refractivity contribution in [2.75, 3.05) is 51.6 Å². The lowest BCUT2D eigenvalue weighted by atomic mass is 10.1. The van der Waals surface area contributed by atoms with Crippen LogP contribution in [0.3, 0.4) is 0 Å². The Morgan fingerprint density at radius 1 is 1.14 bits per heavy atom. The van der Waals surface area contributed by atoms with E-state index in [4.69, 9.17) is 12.2 Å². The zero-order valence-electron chi connectivity index (χ0n) is 14.0. The molecular formula is C17H28N4S. The van der Waals surface area contributed by atoms with Gasteiger partial charge >= 0.3 is 0 Å². The SMILES string of the molecule is Cc1ccc(NC(=S)NCCCN2CCN(C)CC2)cc1C. The van der Waals surface area contributed by atoms with Crippen LogP contribution in [0.25, 0.3) is 0 Å². The Hall–Kier alpha value is -1.17. The van der Waals surface area contributed by atoms with Crippen molar-refractivity contribution in [3.63, 3.8) is 0 Å². The van der Waals surface area contributed by atoms with Gasteiger partial charge < -0.3 is 20.4 Å². The zero-order chi connectivity index (χ0) is 15.9. The van der Waals surface area contributed by atoms with Gasteiger partial charge in [-0.05, 0) is 69.3 Å². The van der Waals surface area contributed by atoms with Crippen LogP contribution in [0.2, 0.25) is 0 Å². The molecule has 22 heavy (non-hydrogen) atoms. The van der Waals surface area contributed by atoms with Gasteiger partial charge in [-0.3, -0.25) is 0 Å². The molecule has 2 rings (SSSR count). The summed E-state index contributed by atoms with van der Waals surface area (Å²) in [5, 5.41) is 7.26. The molecule has 2 N–H and O–H groups in total. The summed E-state index contributed by atoms with van der Waals surface area (Å²) in [5.41, 5.74) is 3.64. The fraction of sp³-hybridized carbons (Fsp3) is 0.588. The highest BCUT2D eigenvalue weighted by Gasteiger charge is 2.12. The third kappa shape index (κ3) is 5.55. The molecule has 1 fully saturated rings. The number of piperazine rings is 1. The van der Waals surface area contributed by atoms with Gasteiger partial charge in [0.05, 0.1) is 0 Å². The molecule has 0 aromatic heterocycles. The highest BCUT2D eigenvalue weighted by atomic mass is 32.1. The van der Waals surface area contributed by atoms with Crippen molar-refractivity contribution in [1.82, 2.24) is 15.1 Å². The van der Waals surface area contributed by atoms with Crippen LogP contribution in [-0.4, -0.2) is 61.2 Å². The van der Waals surface area contributed by atoms with Crippen LogP contribution in [0, 0.1) is 13.8 Å². The standard InChI is InChI=1S/C17H28N4S/c1-14-5-6-16(13-15(14)2)19-17(22)18-7-4-8-21-11-9-20(3)10-12-21/h5-6,13H,4,7-12H2,1-3H3,(H2,18,19,22). The maximum absolute atomic E-state index is 5.35. The van der Waals surface area contributed by atoms with Crippen LogP contribution < -0.4 is 10.6 Å². The lowest BCUT2D eigenvalue weighted by molar-refractivity contribution is 0.153. The first-order valence-electron chi connectivity index (χ1n) is 8.07. The average Bonchev–Trinajstić information content (AvgIpc) is 2.49. The Morgan fingerprint density at radius 2 is 1.86 bits per heavy atom. The predicted molar refractivity (Wildman–Crippen MR) is 98.7 cm³/mol. The lowest BCUT2D eigenvalue weighted by Crippen LogP contribution is -2.45. The number of hydrogen-bond acceptors (Lipinski definition) is 3. The van der Waals surface area contributed by atoms with Crippen molar-refractivity contribution in [2.24, 2.45) is 0 Å². The number of nitrogens with zero attached hydrogens (tertiary/aromatic N) is 2. The third-order valence-corrected chi connectivity index (χ3v) is 4.54. The Labute approximate surface area is 139 Å². The summed E-state index contributed by atoms with van der Waals surface area (Å²) in [4.78, 5) is 4.92. The molecule has 5 heteroatoms. The number of aryl methyl sites for hydroxylation is 2. The number of likely N-dealkylation sites (N-methyl/N-ethyl adjacent to an activating group) is 1. The maximum Gasteiger partial charge on any atom is 0.170 e. The first kappa shape index (κ1) is 17.2. The molecule has 0 saturated carbocycles. The van der Waals surface area contributed by atoms with Gasteiger partial charge in [0.1, 0.15) is 0 Å². The second-order valence-corrected chi connectivity index (χ2v) is 6.59. The van der Waals surface area contributed by atoms with Gasteiger partial charge in [-0.1, -0.05) is 6.07 Å². The molecule has 4 nitrogen and oxygen atoms in total. The van der Waals surface area contributed by atoms with Crippen molar-refractivity contribution in [1.29, 1.82) is 0 Å². The maximum atomic E-state index is 5.35. The molecule has 122 valence electrons. The summed E-state index contributed by atoms with van der Waals surface area (Å²) in [6, 6.07) is 6.32. The van der Waals surface area contributed by atoms with E-state index in [0.717, 1.165) is 25.2 Å². The predicted octanol–water partition coefficient (Wildman–Crippen LogP) is 2.23. The Kier molecular flexibility index (Phi) is 6.61. The molecule has 1 aliphatic rings. The summed E-state index contributed by atoms with van der Waals surface area (Å²) >= 11 is 5.35. The van der Waals surface area contributed by atoms with Gasteiger partial charge in [-0.15, -0.1) is 0 Å². The number of benzene rings is 1. The molecule has 1 aromatic rings. The first-order chi connectivity index (χ1) is 10.5. The molecule has 0 unspecified atom stereocenters. The van der Waals surface area contributed by atoms with Gasteiger partial charge in [0.15, 0.2) is 5.11 Å². The summed E-state index contributed by atoms with van der Waals surface area (Å²) in [6.07, 6.45) is 1.12. The molecule has 0 atom stereocenters. The van der Waals surface area contributed by atoms with Crippen molar-refractivity contribution < 1.29 is 0 Å². The molecule has 0 spiro atoms. The number of thiocarbonyl (C=S) groups is 1. The van der Waals surface area contributed by atoms with E-state index in [0.29, 0.717) is 5.11 Å². The van der Waals surface area contributed by atoms with E-state index < -0.39 is 0 Å². The average molecular weight is 321 g/mol. The van der Waals surface area contributed by atoms with E-state index in [2.05, 4.69) is 59.5 Å². The quantitative estimate of drug-likeness (QED) is 0.642. The van der Waals surface area contributed by atoms with E-state index in [1.165, 1.54) is 37.3 Å². The Balaban J connectivity index is 1.62. The second-order valence-electron chi connectivity index (χ2n) is 6.18. The smallest absolute Gasteiger partial charge is 0.170 e. The number of rotatable bonds is 5. The van der Waals surface area contributed by atoms with Gasteiger partial charge in [0.2, 0.25) is 0 Å². The molecule has 1 heterocycles. The largest absolute Gasteiger partial charge is 0.362 e. The van der Waals surface area contributed by atoms with Gasteiger partial charge in [0.25, 0.3) is 0 Å². The number of anilines is 1.